The lowest BCUT2D eigenvalue weighted by Gasteiger charge is -2.19. The summed E-state index contributed by atoms with van der Waals surface area (Å²) in [6, 6.07) is 0. The molecular weight excluding hydrogens is 187 g/mol. The first-order chi connectivity index (χ1) is 5.90. The second-order valence-electron chi connectivity index (χ2n) is 2.79. The summed E-state index contributed by atoms with van der Waals surface area (Å²) in [5.74, 6) is -5.91. The summed E-state index contributed by atoms with van der Waals surface area (Å²) >= 11 is 0. The van der Waals surface area contributed by atoms with Gasteiger partial charge in [0.2, 0.25) is 0 Å². The third kappa shape index (κ3) is 4.72. The number of halogens is 3. The first kappa shape index (κ1) is 12.2. The van der Waals surface area contributed by atoms with Gasteiger partial charge in [0.15, 0.2) is 0 Å². The number of carboxylic acids is 1. The molecule has 0 heterocycles. The van der Waals surface area contributed by atoms with E-state index < -0.39 is 25.1 Å². The molecule has 6 heteroatoms. The van der Waals surface area contributed by atoms with Crippen LogP contribution < -0.4 is 0 Å². The molecule has 0 aliphatic rings. The number of nitrogens with zero attached hydrogens (tertiary/aromatic N) is 1. The van der Waals surface area contributed by atoms with E-state index in [0.29, 0.717) is 0 Å². The highest BCUT2D eigenvalue weighted by Gasteiger charge is 2.39. The summed E-state index contributed by atoms with van der Waals surface area (Å²) in [5.41, 5.74) is 0. The van der Waals surface area contributed by atoms with Crippen molar-refractivity contribution in [3.05, 3.63) is 0 Å². The maximum atomic E-state index is 12.5. The molecule has 0 atom stereocenters. The highest BCUT2D eigenvalue weighted by molar-refractivity contribution is 5.75. The zero-order chi connectivity index (χ0) is 10.5. The van der Waals surface area contributed by atoms with Crippen LogP contribution in [0.2, 0.25) is 0 Å². The van der Waals surface area contributed by atoms with Crippen molar-refractivity contribution in [2.75, 3.05) is 26.8 Å². The van der Waals surface area contributed by atoms with Gasteiger partial charge >= 0.3 is 11.9 Å². The van der Waals surface area contributed by atoms with E-state index in [4.69, 9.17) is 5.11 Å². The lowest BCUT2D eigenvalue weighted by molar-refractivity contribution is -0.166. The van der Waals surface area contributed by atoms with Crippen molar-refractivity contribution in [3.63, 3.8) is 0 Å². The number of hydrogen-bond donors (Lipinski definition) is 1. The standard InChI is InChI=1S/C7H12F3NO2/c1-11(4-2-3-8)5-7(9,10)6(12)13/h2-5H2,1H3,(H,12,13). The van der Waals surface area contributed by atoms with Gasteiger partial charge in [-0.2, -0.15) is 8.78 Å². The Morgan fingerprint density at radius 3 is 2.46 bits per heavy atom. The van der Waals surface area contributed by atoms with Gasteiger partial charge < -0.3 is 5.11 Å². The number of alkyl halides is 3. The van der Waals surface area contributed by atoms with Crippen LogP contribution in [0.25, 0.3) is 0 Å². The molecule has 0 saturated carbocycles. The Morgan fingerprint density at radius 2 is 2.08 bits per heavy atom. The van der Waals surface area contributed by atoms with Crippen molar-refractivity contribution in [2.24, 2.45) is 0 Å². The van der Waals surface area contributed by atoms with Crippen molar-refractivity contribution < 1.29 is 23.1 Å². The predicted octanol–water partition coefficient (Wildman–Crippen LogP) is 0.998. The van der Waals surface area contributed by atoms with Gasteiger partial charge in [-0.15, -0.1) is 0 Å². The molecule has 0 spiro atoms. The van der Waals surface area contributed by atoms with Crippen LogP contribution in [-0.4, -0.2) is 48.7 Å². The van der Waals surface area contributed by atoms with Gasteiger partial charge in [0.1, 0.15) is 0 Å². The summed E-state index contributed by atoms with van der Waals surface area (Å²) in [4.78, 5) is 11.1. The van der Waals surface area contributed by atoms with Crippen molar-refractivity contribution in [1.82, 2.24) is 4.90 Å². The van der Waals surface area contributed by atoms with Crippen molar-refractivity contribution >= 4 is 5.97 Å². The van der Waals surface area contributed by atoms with E-state index in [1.807, 2.05) is 0 Å². The summed E-state index contributed by atoms with van der Waals surface area (Å²) in [5, 5.41) is 8.06. The number of rotatable bonds is 6. The van der Waals surface area contributed by atoms with Crippen LogP contribution in [0, 0.1) is 0 Å². The van der Waals surface area contributed by atoms with Gasteiger partial charge in [0.05, 0.1) is 13.2 Å². The Balaban J connectivity index is 3.89. The van der Waals surface area contributed by atoms with Gasteiger partial charge in [-0.1, -0.05) is 0 Å². The molecule has 0 amide bonds. The van der Waals surface area contributed by atoms with Crippen LogP contribution in [0.15, 0.2) is 0 Å². The Labute approximate surface area is 74.1 Å². The van der Waals surface area contributed by atoms with Gasteiger partial charge in [0.25, 0.3) is 0 Å². The van der Waals surface area contributed by atoms with Crippen LogP contribution in [0.5, 0.6) is 0 Å². The molecular formula is C7H12F3NO2. The average molecular weight is 199 g/mol. The zero-order valence-electron chi connectivity index (χ0n) is 7.26. The van der Waals surface area contributed by atoms with E-state index in [0.717, 1.165) is 4.90 Å². The third-order valence-electron chi connectivity index (χ3n) is 1.45. The number of carboxylic acid groups (broad SMARTS) is 1. The first-order valence-corrected chi connectivity index (χ1v) is 3.76. The molecule has 13 heavy (non-hydrogen) atoms. The molecule has 0 aliphatic heterocycles. The van der Waals surface area contributed by atoms with Gasteiger partial charge in [-0.25, -0.2) is 4.79 Å². The molecule has 0 unspecified atom stereocenters. The minimum Gasteiger partial charge on any atom is -0.477 e. The molecule has 0 rings (SSSR count). The van der Waals surface area contributed by atoms with Crippen molar-refractivity contribution in [3.8, 4) is 0 Å². The quantitative estimate of drug-likeness (QED) is 0.693. The van der Waals surface area contributed by atoms with Crippen LogP contribution in [0.4, 0.5) is 13.2 Å². The van der Waals surface area contributed by atoms with Crippen molar-refractivity contribution in [1.29, 1.82) is 0 Å². The van der Waals surface area contributed by atoms with E-state index in [9.17, 15) is 18.0 Å². The minimum absolute atomic E-state index is 0.124. The molecule has 78 valence electrons. The lowest BCUT2D eigenvalue weighted by atomic mass is 10.3. The van der Waals surface area contributed by atoms with E-state index in [2.05, 4.69) is 0 Å². The summed E-state index contributed by atoms with van der Waals surface area (Å²) in [6.07, 6.45) is 0.131. The third-order valence-corrected chi connectivity index (χ3v) is 1.45. The smallest absolute Gasteiger partial charge is 0.375 e. The van der Waals surface area contributed by atoms with E-state index in [-0.39, 0.29) is 13.0 Å². The molecule has 0 saturated heterocycles. The highest BCUT2D eigenvalue weighted by atomic mass is 19.3. The fraction of sp³-hybridized carbons (Fsp3) is 0.857. The first-order valence-electron chi connectivity index (χ1n) is 3.76. The van der Waals surface area contributed by atoms with Gasteiger partial charge in [-0.3, -0.25) is 9.29 Å². The largest absolute Gasteiger partial charge is 0.477 e. The molecule has 0 radical (unpaired) electrons. The Hall–Kier alpha value is -0.780. The molecule has 0 aromatic rings. The maximum Gasteiger partial charge on any atom is 0.375 e. The molecule has 1 N–H and O–H groups in total. The highest BCUT2D eigenvalue weighted by Crippen LogP contribution is 2.14. The molecule has 0 aliphatic carbocycles. The van der Waals surface area contributed by atoms with Gasteiger partial charge in [0, 0.05) is 6.54 Å². The number of carbonyl (C=O) groups is 1. The molecule has 3 nitrogen and oxygen atoms in total. The zero-order valence-corrected chi connectivity index (χ0v) is 7.26. The Bertz CT molecular complexity index is 175. The van der Waals surface area contributed by atoms with E-state index >= 15 is 0 Å². The SMILES string of the molecule is CN(CCCF)CC(F)(F)C(=O)O. The van der Waals surface area contributed by atoms with E-state index in [1.165, 1.54) is 7.05 Å². The fourth-order valence-corrected chi connectivity index (χ4v) is 0.815. The summed E-state index contributed by atoms with van der Waals surface area (Å²) < 4.78 is 36.6. The van der Waals surface area contributed by atoms with Crippen molar-refractivity contribution in [2.45, 2.75) is 12.3 Å². The van der Waals surface area contributed by atoms with Crippen LogP contribution in [-0.2, 0) is 4.79 Å². The van der Waals surface area contributed by atoms with Gasteiger partial charge in [-0.05, 0) is 13.5 Å². The van der Waals surface area contributed by atoms with Crippen LogP contribution >= 0.6 is 0 Å². The minimum atomic E-state index is -3.76. The topological polar surface area (TPSA) is 40.5 Å². The summed E-state index contributed by atoms with van der Waals surface area (Å²) in [6.45, 7) is -1.36. The molecule has 0 aromatic carbocycles. The maximum absolute atomic E-state index is 12.5. The number of aliphatic carboxylic acids is 1. The fourth-order valence-electron chi connectivity index (χ4n) is 0.815. The predicted molar refractivity (Wildman–Crippen MR) is 40.7 cm³/mol. The molecule has 0 fully saturated rings. The molecule has 0 aromatic heterocycles. The molecule has 0 bridgehead atoms. The monoisotopic (exact) mass is 199 g/mol. The lowest BCUT2D eigenvalue weighted by Crippen LogP contribution is -2.41. The average Bonchev–Trinajstić information content (AvgIpc) is 1.99. The van der Waals surface area contributed by atoms with E-state index in [1.54, 1.807) is 0 Å². The van der Waals surface area contributed by atoms with Crippen LogP contribution in [0.3, 0.4) is 0 Å². The van der Waals surface area contributed by atoms with Crippen LogP contribution in [0.1, 0.15) is 6.42 Å². The Morgan fingerprint density at radius 1 is 1.54 bits per heavy atom. The Kier molecular flexibility index (Phi) is 4.76. The second kappa shape index (κ2) is 5.06. The second-order valence-corrected chi connectivity index (χ2v) is 2.79. The number of hydrogen-bond acceptors (Lipinski definition) is 2. The summed E-state index contributed by atoms with van der Waals surface area (Å²) in [7, 11) is 1.33. The normalized spacial score (nSPS) is 12.1.